The standard InChI is InChI=1S/C13H21NO4/c1-15-6-7-18-5-4-14-11-8-12(16-2)10-13(9-11)17-3/h8-10,14H,4-7H2,1-3H3. The summed E-state index contributed by atoms with van der Waals surface area (Å²) in [7, 11) is 4.92. The first kappa shape index (κ1) is 14.6. The van der Waals surface area contributed by atoms with E-state index < -0.39 is 0 Å². The molecule has 1 N–H and O–H groups in total. The molecule has 0 unspecified atom stereocenters. The summed E-state index contributed by atoms with van der Waals surface area (Å²) in [6.07, 6.45) is 0. The van der Waals surface area contributed by atoms with Crippen LogP contribution >= 0.6 is 0 Å². The van der Waals surface area contributed by atoms with E-state index in [1.165, 1.54) is 0 Å². The first-order chi connectivity index (χ1) is 8.80. The van der Waals surface area contributed by atoms with Gasteiger partial charge in [0.25, 0.3) is 0 Å². The molecular formula is C13H21NO4. The Labute approximate surface area is 108 Å². The fourth-order valence-corrected chi connectivity index (χ4v) is 1.42. The number of methoxy groups -OCH3 is 3. The molecule has 0 atom stereocenters. The summed E-state index contributed by atoms with van der Waals surface area (Å²) < 4.78 is 20.6. The number of hydrogen-bond acceptors (Lipinski definition) is 5. The molecule has 0 amide bonds. The fourth-order valence-electron chi connectivity index (χ4n) is 1.42. The molecule has 0 aliphatic heterocycles. The average molecular weight is 255 g/mol. The van der Waals surface area contributed by atoms with E-state index in [0.717, 1.165) is 23.7 Å². The van der Waals surface area contributed by atoms with Crippen molar-refractivity contribution >= 4 is 5.69 Å². The molecule has 0 spiro atoms. The van der Waals surface area contributed by atoms with Gasteiger partial charge in [0.15, 0.2) is 0 Å². The molecule has 5 nitrogen and oxygen atoms in total. The summed E-state index contributed by atoms with van der Waals surface area (Å²) in [6, 6.07) is 5.66. The van der Waals surface area contributed by atoms with Gasteiger partial charge in [-0.2, -0.15) is 0 Å². The molecule has 0 saturated heterocycles. The van der Waals surface area contributed by atoms with Gasteiger partial charge in [-0.3, -0.25) is 0 Å². The Hall–Kier alpha value is -1.46. The van der Waals surface area contributed by atoms with Crippen LogP contribution in [-0.2, 0) is 9.47 Å². The van der Waals surface area contributed by atoms with Crippen molar-refractivity contribution in [2.75, 3.05) is 53.0 Å². The summed E-state index contributed by atoms with van der Waals surface area (Å²) >= 11 is 0. The summed E-state index contributed by atoms with van der Waals surface area (Å²) in [5.74, 6) is 1.52. The molecule has 5 heteroatoms. The van der Waals surface area contributed by atoms with Gasteiger partial charge >= 0.3 is 0 Å². The highest BCUT2D eigenvalue weighted by Gasteiger charge is 2.01. The summed E-state index contributed by atoms with van der Waals surface area (Å²) in [6.45, 7) is 2.58. The highest BCUT2D eigenvalue weighted by molar-refractivity contribution is 5.53. The molecule has 0 fully saturated rings. The molecular weight excluding hydrogens is 234 g/mol. The lowest BCUT2D eigenvalue weighted by Gasteiger charge is -2.10. The van der Waals surface area contributed by atoms with Crippen LogP contribution in [0.3, 0.4) is 0 Å². The first-order valence-electron chi connectivity index (χ1n) is 5.83. The monoisotopic (exact) mass is 255 g/mol. The Kier molecular flexibility index (Phi) is 6.98. The third-order valence-electron chi connectivity index (χ3n) is 2.36. The van der Waals surface area contributed by atoms with E-state index in [9.17, 15) is 0 Å². The summed E-state index contributed by atoms with van der Waals surface area (Å²) in [5, 5.41) is 3.25. The van der Waals surface area contributed by atoms with Gasteiger partial charge in [0.2, 0.25) is 0 Å². The third kappa shape index (κ3) is 5.25. The number of rotatable bonds is 9. The van der Waals surface area contributed by atoms with Crippen LogP contribution < -0.4 is 14.8 Å². The number of hydrogen-bond donors (Lipinski definition) is 1. The van der Waals surface area contributed by atoms with Gasteiger partial charge in [0, 0.05) is 37.5 Å². The number of benzene rings is 1. The highest BCUT2D eigenvalue weighted by Crippen LogP contribution is 2.25. The SMILES string of the molecule is COCCOCCNc1cc(OC)cc(OC)c1. The number of anilines is 1. The second-order valence-electron chi connectivity index (χ2n) is 3.63. The van der Waals surface area contributed by atoms with Crippen molar-refractivity contribution in [1.29, 1.82) is 0 Å². The predicted molar refractivity (Wildman–Crippen MR) is 70.7 cm³/mol. The van der Waals surface area contributed by atoms with Crippen LogP contribution in [0, 0.1) is 0 Å². The largest absolute Gasteiger partial charge is 0.497 e. The topological polar surface area (TPSA) is 49.0 Å². The maximum Gasteiger partial charge on any atom is 0.124 e. The quantitative estimate of drug-likeness (QED) is 0.682. The first-order valence-corrected chi connectivity index (χ1v) is 5.83. The van der Waals surface area contributed by atoms with Crippen molar-refractivity contribution in [3.63, 3.8) is 0 Å². The van der Waals surface area contributed by atoms with E-state index in [2.05, 4.69) is 5.32 Å². The van der Waals surface area contributed by atoms with E-state index in [1.807, 2.05) is 18.2 Å². The van der Waals surface area contributed by atoms with Crippen LogP contribution in [0.5, 0.6) is 11.5 Å². The molecule has 0 aromatic heterocycles. The molecule has 0 bridgehead atoms. The molecule has 0 aliphatic rings. The zero-order valence-corrected chi connectivity index (χ0v) is 11.2. The van der Waals surface area contributed by atoms with Crippen molar-refractivity contribution in [3.8, 4) is 11.5 Å². The van der Waals surface area contributed by atoms with Gasteiger partial charge in [0.1, 0.15) is 11.5 Å². The van der Waals surface area contributed by atoms with Crippen molar-refractivity contribution < 1.29 is 18.9 Å². The number of ether oxygens (including phenoxy) is 4. The maximum absolute atomic E-state index is 5.36. The molecule has 0 saturated carbocycles. The van der Waals surface area contributed by atoms with Crippen molar-refractivity contribution in [3.05, 3.63) is 18.2 Å². The second-order valence-corrected chi connectivity index (χ2v) is 3.63. The second kappa shape index (κ2) is 8.60. The molecule has 0 heterocycles. The molecule has 18 heavy (non-hydrogen) atoms. The average Bonchev–Trinajstić information content (AvgIpc) is 2.42. The Morgan fingerprint density at radius 2 is 1.56 bits per heavy atom. The van der Waals surface area contributed by atoms with Crippen LogP contribution in [0.25, 0.3) is 0 Å². The van der Waals surface area contributed by atoms with Crippen molar-refractivity contribution in [1.82, 2.24) is 0 Å². The zero-order valence-electron chi connectivity index (χ0n) is 11.2. The van der Waals surface area contributed by atoms with Gasteiger partial charge in [-0.05, 0) is 0 Å². The highest BCUT2D eigenvalue weighted by atomic mass is 16.5. The van der Waals surface area contributed by atoms with Gasteiger partial charge in [0.05, 0.1) is 34.0 Å². The molecule has 0 radical (unpaired) electrons. The Morgan fingerprint density at radius 1 is 0.889 bits per heavy atom. The lowest BCUT2D eigenvalue weighted by molar-refractivity contribution is 0.0759. The van der Waals surface area contributed by atoms with E-state index >= 15 is 0 Å². The maximum atomic E-state index is 5.36. The van der Waals surface area contributed by atoms with Gasteiger partial charge in [-0.1, -0.05) is 0 Å². The minimum Gasteiger partial charge on any atom is -0.497 e. The van der Waals surface area contributed by atoms with Crippen LogP contribution in [0.1, 0.15) is 0 Å². The van der Waals surface area contributed by atoms with Crippen LogP contribution in [0.2, 0.25) is 0 Å². The summed E-state index contributed by atoms with van der Waals surface area (Å²) in [5.41, 5.74) is 0.946. The lowest BCUT2D eigenvalue weighted by atomic mass is 10.2. The number of nitrogens with one attached hydrogen (secondary N) is 1. The Balaban J connectivity index is 2.36. The van der Waals surface area contributed by atoms with Gasteiger partial charge in [-0.25, -0.2) is 0 Å². The fraction of sp³-hybridized carbons (Fsp3) is 0.538. The van der Waals surface area contributed by atoms with E-state index in [1.54, 1.807) is 21.3 Å². The van der Waals surface area contributed by atoms with Crippen LogP contribution in [0.4, 0.5) is 5.69 Å². The minimum atomic E-state index is 0.611. The normalized spacial score (nSPS) is 10.2. The lowest BCUT2D eigenvalue weighted by Crippen LogP contribution is -2.12. The van der Waals surface area contributed by atoms with E-state index in [-0.39, 0.29) is 0 Å². The minimum absolute atomic E-state index is 0.611. The molecule has 0 aliphatic carbocycles. The Morgan fingerprint density at radius 3 is 2.11 bits per heavy atom. The van der Waals surface area contributed by atoms with Crippen molar-refractivity contribution in [2.45, 2.75) is 0 Å². The summed E-state index contributed by atoms with van der Waals surface area (Å²) in [4.78, 5) is 0. The predicted octanol–water partition coefficient (Wildman–Crippen LogP) is 1.78. The van der Waals surface area contributed by atoms with E-state index in [4.69, 9.17) is 18.9 Å². The molecule has 1 aromatic carbocycles. The van der Waals surface area contributed by atoms with Gasteiger partial charge < -0.3 is 24.3 Å². The van der Waals surface area contributed by atoms with Crippen LogP contribution in [0.15, 0.2) is 18.2 Å². The molecule has 1 rings (SSSR count). The smallest absolute Gasteiger partial charge is 0.124 e. The van der Waals surface area contributed by atoms with Gasteiger partial charge in [-0.15, -0.1) is 0 Å². The van der Waals surface area contributed by atoms with E-state index in [0.29, 0.717) is 19.8 Å². The molecule has 102 valence electrons. The Bertz CT molecular complexity index is 322. The van der Waals surface area contributed by atoms with Crippen LogP contribution in [-0.4, -0.2) is 47.7 Å². The van der Waals surface area contributed by atoms with Crippen molar-refractivity contribution in [2.24, 2.45) is 0 Å². The molecule has 1 aromatic rings. The zero-order chi connectivity index (χ0) is 13.2. The third-order valence-corrected chi connectivity index (χ3v) is 2.36.